The highest BCUT2D eigenvalue weighted by molar-refractivity contribution is 6.06. The number of imidazole rings is 1. The fourth-order valence-corrected chi connectivity index (χ4v) is 2.42. The first-order chi connectivity index (χ1) is 10.2. The van der Waals surface area contributed by atoms with Crippen LogP contribution in [-0.4, -0.2) is 15.9 Å². The van der Waals surface area contributed by atoms with Crippen LogP contribution in [0.4, 0.5) is 5.69 Å². The average Bonchev–Trinajstić information content (AvgIpc) is 2.86. The van der Waals surface area contributed by atoms with E-state index in [4.69, 9.17) is 0 Å². The Balaban J connectivity index is 1.89. The van der Waals surface area contributed by atoms with E-state index >= 15 is 0 Å². The number of aromatic amines is 1. The van der Waals surface area contributed by atoms with Gasteiger partial charge in [0.2, 0.25) is 0 Å². The van der Waals surface area contributed by atoms with Gasteiger partial charge < -0.3 is 10.3 Å². The molecule has 0 radical (unpaired) electrons. The van der Waals surface area contributed by atoms with E-state index in [0.717, 1.165) is 34.5 Å². The predicted molar refractivity (Wildman–Crippen MR) is 84.6 cm³/mol. The number of H-pyrrole nitrogens is 1. The van der Waals surface area contributed by atoms with Crippen molar-refractivity contribution in [3.63, 3.8) is 0 Å². The summed E-state index contributed by atoms with van der Waals surface area (Å²) in [6.45, 7) is 3.97. The van der Waals surface area contributed by atoms with Crippen molar-refractivity contribution in [2.75, 3.05) is 5.32 Å². The lowest BCUT2D eigenvalue weighted by molar-refractivity contribution is 0.102. The maximum atomic E-state index is 12.4. The van der Waals surface area contributed by atoms with Crippen molar-refractivity contribution in [1.82, 2.24) is 9.97 Å². The van der Waals surface area contributed by atoms with Crippen LogP contribution in [0.1, 0.15) is 28.7 Å². The second-order valence-electron chi connectivity index (χ2n) is 5.02. The van der Waals surface area contributed by atoms with E-state index in [2.05, 4.69) is 22.2 Å². The molecule has 1 heterocycles. The number of hydrogen-bond acceptors (Lipinski definition) is 2. The quantitative estimate of drug-likeness (QED) is 0.768. The van der Waals surface area contributed by atoms with E-state index in [1.807, 2.05) is 43.3 Å². The number of carbonyl (C=O) groups is 1. The zero-order chi connectivity index (χ0) is 14.8. The summed E-state index contributed by atoms with van der Waals surface area (Å²) in [5, 5.41) is 2.98. The summed E-state index contributed by atoms with van der Waals surface area (Å²) in [7, 11) is 0. The molecule has 106 valence electrons. The van der Waals surface area contributed by atoms with Gasteiger partial charge in [-0.3, -0.25) is 4.79 Å². The molecule has 0 aliphatic rings. The molecule has 2 aromatic carbocycles. The summed E-state index contributed by atoms with van der Waals surface area (Å²) in [5.74, 6) is 0.740. The van der Waals surface area contributed by atoms with Crippen LogP contribution in [0.2, 0.25) is 0 Å². The SMILES string of the molecule is CCc1ccccc1NC(=O)c1ccc2nc(C)[nH]c2c1. The molecule has 0 aliphatic heterocycles. The minimum Gasteiger partial charge on any atom is -0.342 e. The molecular weight excluding hydrogens is 262 g/mol. The minimum absolute atomic E-state index is 0.106. The number of benzene rings is 2. The number of carbonyl (C=O) groups excluding carboxylic acids is 1. The van der Waals surface area contributed by atoms with Gasteiger partial charge in [-0.15, -0.1) is 0 Å². The fraction of sp³-hybridized carbons (Fsp3) is 0.176. The molecule has 0 bridgehead atoms. The maximum Gasteiger partial charge on any atom is 0.255 e. The number of aromatic nitrogens is 2. The third-order valence-corrected chi connectivity index (χ3v) is 3.51. The Kier molecular flexibility index (Phi) is 3.44. The van der Waals surface area contributed by atoms with Crippen molar-refractivity contribution in [2.24, 2.45) is 0 Å². The Morgan fingerprint density at radius 1 is 1.24 bits per heavy atom. The molecule has 4 nitrogen and oxygen atoms in total. The normalized spacial score (nSPS) is 10.8. The van der Waals surface area contributed by atoms with Crippen LogP contribution >= 0.6 is 0 Å². The number of nitrogens with zero attached hydrogens (tertiary/aromatic N) is 1. The van der Waals surface area contributed by atoms with Crippen molar-refractivity contribution in [1.29, 1.82) is 0 Å². The number of para-hydroxylation sites is 1. The number of amides is 1. The molecule has 0 fully saturated rings. The van der Waals surface area contributed by atoms with E-state index in [9.17, 15) is 4.79 Å². The molecule has 3 aromatic rings. The highest BCUT2D eigenvalue weighted by Gasteiger charge is 2.10. The molecule has 2 N–H and O–H groups in total. The van der Waals surface area contributed by atoms with Crippen LogP contribution in [0.25, 0.3) is 11.0 Å². The number of fused-ring (bicyclic) bond motifs is 1. The van der Waals surface area contributed by atoms with Gasteiger partial charge in [-0.25, -0.2) is 4.98 Å². The molecule has 4 heteroatoms. The zero-order valence-electron chi connectivity index (χ0n) is 12.1. The molecule has 0 saturated heterocycles. The molecule has 0 saturated carbocycles. The first-order valence-corrected chi connectivity index (χ1v) is 7.03. The molecule has 0 spiro atoms. The van der Waals surface area contributed by atoms with E-state index in [0.29, 0.717) is 5.56 Å². The third kappa shape index (κ3) is 2.65. The summed E-state index contributed by atoms with van der Waals surface area (Å²) in [4.78, 5) is 19.9. The Labute approximate surface area is 123 Å². The van der Waals surface area contributed by atoms with Crippen molar-refractivity contribution in [3.8, 4) is 0 Å². The Bertz CT molecular complexity index is 805. The number of aryl methyl sites for hydroxylation is 2. The topological polar surface area (TPSA) is 57.8 Å². The molecule has 0 unspecified atom stereocenters. The monoisotopic (exact) mass is 279 g/mol. The predicted octanol–water partition coefficient (Wildman–Crippen LogP) is 3.69. The fourth-order valence-electron chi connectivity index (χ4n) is 2.42. The molecule has 21 heavy (non-hydrogen) atoms. The summed E-state index contributed by atoms with van der Waals surface area (Å²) in [6, 6.07) is 13.3. The lowest BCUT2D eigenvalue weighted by Gasteiger charge is -2.09. The Morgan fingerprint density at radius 3 is 2.86 bits per heavy atom. The van der Waals surface area contributed by atoms with Gasteiger partial charge >= 0.3 is 0 Å². The van der Waals surface area contributed by atoms with Crippen LogP contribution in [0, 0.1) is 6.92 Å². The van der Waals surface area contributed by atoms with Gasteiger partial charge in [0, 0.05) is 11.3 Å². The molecule has 0 atom stereocenters. The molecule has 3 rings (SSSR count). The lowest BCUT2D eigenvalue weighted by atomic mass is 10.1. The summed E-state index contributed by atoms with van der Waals surface area (Å²) in [5.41, 5.74) is 4.37. The number of hydrogen-bond donors (Lipinski definition) is 2. The number of nitrogens with one attached hydrogen (secondary N) is 2. The highest BCUT2D eigenvalue weighted by atomic mass is 16.1. The zero-order valence-corrected chi connectivity index (χ0v) is 12.1. The summed E-state index contributed by atoms with van der Waals surface area (Å²) >= 11 is 0. The maximum absolute atomic E-state index is 12.4. The van der Waals surface area contributed by atoms with Gasteiger partial charge in [0.15, 0.2) is 0 Å². The van der Waals surface area contributed by atoms with Gasteiger partial charge in [-0.05, 0) is 43.2 Å². The van der Waals surface area contributed by atoms with Crippen molar-refractivity contribution >= 4 is 22.6 Å². The summed E-state index contributed by atoms with van der Waals surface area (Å²) < 4.78 is 0. The van der Waals surface area contributed by atoms with E-state index in [1.165, 1.54) is 0 Å². The Morgan fingerprint density at radius 2 is 2.05 bits per heavy atom. The van der Waals surface area contributed by atoms with Crippen molar-refractivity contribution < 1.29 is 4.79 Å². The first-order valence-electron chi connectivity index (χ1n) is 7.03. The molecule has 1 aromatic heterocycles. The van der Waals surface area contributed by atoms with E-state index < -0.39 is 0 Å². The molecular formula is C17H17N3O. The highest BCUT2D eigenvalue weighted by Crippen LogP contribution is 2.18. The lowest BCUT2D eigenvalue weighted by Crippen LogP contribution is -2.13. The third-order valence-electron chi connectivity index (χ3n) is 3.51. The Hall–Kier alpha value is -2.62. The van der Waals surface area contributed by atoms with E-state index in [1.54, 1.807) is 6.07 Å². The smallest absolute Gasteiger partial charge is 0.255 e. The van der Waals surface area contributed by atoms with Gasteiger partial charge in [-0.1, -0.05) is 25.1 Å². The summed E-state index contributed by atoms with van der Waals surface area (Å²) in [6.07, 6.45) is 0.884. The van der Waals surface area contributed by atoms with Gasteiger partial charge in [-0.2, -0.15) is 0 Å². The van der Waals surface area contributed by atoms with E-state index in [-0.39, 0.29) is 5.91 Å². The molecule has 1 amide bonds. The minimum atomic E-state index is -0.106. The van der Waals surface area contributed by atoms with Gasteiger partial charge in [0.25, 0.3) is 5.91 Å². The molecule has 0 aliphatic carbocycles. The van der Waals surface area contributed by atoms with Crippen LogP contribution < -0.4 is 5.32 Å². The van der Waals surface area contributed by atoms with Crippen molar-refractivity contribution in [2.45, 2.75) is 20.3 Å². The van der Waals surface area contributed by atoms with Crippen LogP contribution in [0.3, 0.4) is 0 Å². The van der Waals surface area contributed by atoms with Gasteiger partial charge in [0.1, 0.15) is 5.82 Å². The van der Waals surface area contributed by atoms with Gasteiger partial charge in [0.05, 0.1) is 11.0 Å². The van der Waals surface area contributed by atoms with Crippen LogP contribution in [-0.2, 0) is 6.42 Å². The second kappa shape index (κ2) is 5.40. The van der Waals surface area contributed by atoms with Crippen LogP contribution in [0.5, 0.6) is 0 Å². The first kappa shape index (κ1) is 13.4. The van der Waals surface area contributed by atoms with Crippen molar-refractivity contribution in [3.05, 3.63) is 59.4 Å². The number of anilines is 1. The number of rotatable bonds is 3. The second-order valence-corrected chi connectivity index (χ2v) is 5.02. The average molecular weight is 279 g/mol. The van der Waals surface area contributed by atoms with Crippen LogP contribution in [0.15, 0.2) is 42.5 Å². The largest absolute Gasteiger partial charge is 0.342 e. The standard InChI is InChI=1S/C17H17N3O/c1-3-12-6-4-5-7-14(12)20-17(21)13-8-9-15-16(10-13)19-11(2)18-15/h4-10H,3H2,1-2H3,(H,18,19)(H,20,21).